The van der Waals surface area contributed by atoms with E-state index in [0.29, 0.717) is 26.4 Å². The number of fused-ring (bicyclic) bond motifs is 2. The van der Waals surface area contributed by atoms with Crippen LogP contribution in [0.4, 0.5) is 0 Å². The molecule has 172 valence electrons. The van der Waals surface area contributed by atoms with Crippen molar-refractivity contribution < 1.29 is 18.9 Å². The smallest absolute Gasteiger partial charge is 0.131 e. The molecule has 4 nitrogen and oxygen atoms in total. The summed E-state index contributed by atoms with van der Waals surface area (Å²) in [4.78, 5) is 0. The zero-order valence-electron chi connectivity index (χ0n) is 19.1. The largest absolute Gasteiger partial charge is 0.490 e. The van der Waals surface area contributed by atoms with Crippen LogP contribution in [0.2, 0.25) is 0 Å². The summed E-state index contributed by atoms with van der Waals surface area (Å²) in [5, 5.41) is 2.13. The van der Waals surface area contributed by atoms with Gasteiger partial charge in [0.25, 0.3) is 0 Å². The molecule has 5 rings (SSSR count). The zero-order valence-corrected chi connectivity index (χ0v) is 19.1. The fourth-order valence-electron chi connectivity index (χ4n) is 4.28. The molecule has 0 saturated heterocycles. The van der Waals surface area contributed by atoms with Gasteiger partial charge >= 0.3 is 0 Å². The van der Waals surface area contributed by atoms with Gasteiger partial charge in [0.2, 0.25) is 0 Å². The van der Waals surface area contributed by atoms with Crippen molar-refractivity contribution in [1.29, 1.82) is 0 Å². The summed E-state index contributed by atoms with van der Waals surface area (Å²) >= 11 is 0. The molecule has 4 aromatic rings. The Labute approximate surface area is 200 Å². The highest BCUT2D eigenvalue weighted by molar-refractivity contribution is 5.96. The maximum absolute atomic E-state index is 6.34. The third-order valence-corrected chi connectivity index (χ3v) is 5.82. The van der Waals surface area contributed by atoms with E-state index in [2.05, 4.69) is 24.3 Å². The fourth-order valence-corrected chi connectivity index (χ4v) is 4.28. The highest BCUT2D eigenvalue weighted by Gasteiger charge is 2.22. The summed E-state index contributed by atoms with van der Waals surface area (Å²) in [5.41, 5.74) is 2.39. The predicted octanol–water partition coefficient (Wildman–Crippen LogP) is 6.41. The van der Waals surface area contributed by atoms with Crippen LogP contribution >= 0.6 is 0 Å². The van der Waals surface area contributed by atoms with Crippen LogP contribution in [0, 0.1) is 0 Å². The molecule has 1 aliphatic carbocycles. The van der Waals surface area contributed by atoms with E-state index in [4.69, 9.17) is 18.9 Å². The van der Waals surface area contributed by atoms with E-state index in [1.165, 1.54) is 11.1 Å². The van der Waals surface area contributed by atoms with E-state index in [0.717, 1.165) is 46.6 Å². The van der Waals surface area contributed by atoms with Gasteiger partial charge in [-0.3, -0.25) is 0 Å². The van der Waals surface area contributed by atoms with Crippen LogP contribution in [0.3, 0.4) is 0 Å². The predicted molar refractivity (Wildman–Crippen MR) is 135 cm³/mol. The Bertz CT molecular complexity index is 1150. The number of hydrogen-bond acceptors (Lipinski definition) is 4. The molecule has 4 heteroatoms. The SMILES string of the molecule is C1=CCc2c(c(OCCOc3ccccc3)c3ccccc3c2OCCOc2ccccc2)C1. The minimum Gasteiger partial charge on any atom is -0.490 e. The van der Waals surface area contributed by atoms with Gasteiger partial charge in [0.05, 0.1) is 0 Å². The number of ether oxygens (including phenoxy) is 4. The minimum absolute atomic E-state index is 0.472. The third-order valence-electron chi connectivity index (χ3n) is 5.82. The normalized spacial score (nSPS) is 12.2. The lowest BCUT2D eigenvalue weighted by Crippen LogP contribution is -2.14. The molecule has 0 unspecified atom stereocenters. The van der Waals surface area contributed by atoms with Gasteiger partial charge in [-0.25, -0.2) is 0 Å². The van der Waals surface area contributed by atoms with Crippen molar-refractivity contribution in [2.45, 2.75) is 12.8 Å². The summed E-state index contributed by atoms with van der Waals surface area (Å²) in [7, 11) is 0. The first kappa shape index (κ1) is 21.9. The van der Waals surface area contributed by atoms with Gasteiger partial charge in [0.1, 0.15) is 49.4 Å². The lowest BCUT2D eigenvalue weighted by Gasteiger charge is -2.23. The van der Waals surface area contributed by atoms with Crippen molar-refractivity contribution in [2.24, 2.45) is 0 Å². The van der Waals surface area contributed by atoms with E-state index in [-0.39, 0.29) is 0 Å². The van der Waals surface area contributed by atoms with Crippen molar-refractivity contribution in [3.63, 3.8) is 0 Å². The van der Waals surface area contributed by atoms with Crippen LogP contribution in [-0.2, 0) is 12.8 Å². The molecule has 0 aliphatic heterocycles. The number of rotatable bonds is 10. The molecule has 0 fully saturated rings. The Morgan fingerprint density at radius 1 is 0.441 bits per heavy atom. The van der Waals surface area contributed by atoms with Crippen molar-refractivity contribution in [3.8, 4) is 23.0 Å². The molecule has 0 N–H and O–H groups in total. The van der Waals surface area contributed by atoms with Crippen LogP contribution in [0.1, 0.15) is 11.1 Å². The number of hydrogen-bond donors (Lipinski definition) is 0. The van der Waals surface area contributed by atoms with Gasteiger partial charge in [0.15, 0.2) is 0 Å². The number of benzene rings is 4. The zero-order chi connectivity index (χ0) is 23.0. The maximum atomic E-state index is 6.34. The minimum atomic E-state index is 0.472. The third kappa shape index (κ3) is 5.01. The summed E-state index contributed by atoms with van der Waals surface area (Å²) in [5.74, 6) is 3.56. The Kier molecular flexibility index (Phi) is 6.96. The van der Waals surface area contributed by atoms with E-state index in [1.807, 2.05) is 72.8 Å². The first-order valence-corrected chi connectivity index (χ1v) is 11.7. The summed E-state index contributed by atoms with van der Waals surface area (Å²) in [6, 6.07) is 27.9. The molecule has 0 spiro atoms. The number of para-hydroxylation sites is 2. The molecule has 1 aliphatic rings. The molecule has 4 aromatic carbocycles. The molecule has 0 heterocycles. The molecule has 0 amide bonds. The second-order valence-corrected chi connectivity index (χ2v) is 8.06. The maximum Gasteiger partial charge on any atom is 0.131 e. The van der Waals surface area contributed by atoms with E-state index >= 15 is 0 Å². The summed E-state index contributed by atoms with van der Waals surface area (Å²) in [6.45, 7) is 1.91. The second kappa shape index (κ2) is 10.8. The molecular formula is C30H28O4. The van der Waals surface area contributed by atoms with Gasteiger partial charge in [0, 0.05) is 21.9 Å². The standard InChI is InChI=1S/C30H28O4/c1-3-11-23(12-4-1)31-19-21-33-29-25-15-7-9-17-27(25)30(28-18-10-8-16-26(28)29)34-22-20-32-24-13-5-2-6-14-24/h1-15,17H,16,18-22H2. The topological polar surface area (TPSA) is 36.9 Å². The molecule has 0 radical (unpaired) electrons. The average molecular weight is 453 g/mol. The van der Waals surface area contributed by atoms with Crippen LogP contribution in [0.15, 0.2) is 97.1 Å². The van der Waals surface area contributed by atoms with Crippen molar-refractivity contribution in [2.75, 3.05) is 26.4 Å². The lowest BCUT2D eigenvalue weighted by atomic mass is 9.90. The van der Waals surface area contributed by atoms with Crippen LogP contribution in [0.25, 0.3) is 10.8 Å². The first-order valence-electron chi connectivity index (χ1n) is 11.7. The Balaban J connectivity index is 1.34. The fraction of sp³-hybridized carbons (Fsp3) is 0.200. The van der Waals surface area contributed by atoms with Crippen molar-refractivity contribution >= 4 is 10.8 Å². The first-order chi connectivity index (χ1) is 16.9. The highest BCUT2D eigenvalue weighted by Crippen LogP contribution is 2.43. The molecule has 0 atom stereocenters. The second-order valence-electron chi connectivity index (χ2n) is 8.06. The number of allylic oxidation sites excluding steroid dienone is 2. The monoisotopic (exact) mass is 452 g/mol. The van der Waals surface area contributed by atoms with Gasteiger partial charge in [-0.05, 0) is 37.1 Å². The van der Waals surface area contributed by atoms with Gasteiger partial charge in [-0.15, -0.1) is 0 Å². The Morgan fingerprint density at radius 3 is 1.26 bits per heavy atom. The van der Waals surface area contributed by atoms with E-state index in [9.17, 15) is 0 Å². The van der Waals surface area contributed by atoms with Crippen molar-refractivity contribution in [3.05, 3.63) is 108 Å². The summed E-state index contributed by atoms with van der Waals surface area (Å²) in [6.07, 6.45) is 6.05. The molecule has 0 saturated carbocycles. The van der Waals surface area contributed by atoms with Crippen LogP contribution < -0.4 is 18.9 Å². The lowest BCUT2D eigenvalue weighted by molar-refractivity contribution is 0.214. The molecular weight excluding hydrogens is 424 g/mol. The Morgan fingerprint density at radius 2 is 0.824 bits per heavy atom. The van der Waals surface area contributed by atoms with E-state index < -0.39 is 0 Å². The van der Waals surface area contributed by atoms with Crippen LogP contribution in [-0.4, -0.2) is 26.4 Å². The molecule has 34 heavy (non-hydrogen) atoms. The van der Waals surface area contributed by atoms with Gasteiger partial charge in [-0.2, -0.15) is 0 Å². The molecule has 0 bridgehead atoms. The summed E-state index contributed by atoms with van der Waals surface area (Å²) < 4.78 is 24.3. The van der Waals surface area contributed by atoms with Crippen LogP contribution in [0.5, 0.6) is 23.0 Å². The van der Waals surface area contributed by atoms with Gasteiger partial charge in [-0.1, -0.05) is 72.8 Å². The highest BCUT2D eigenvalue weighted by atomic mass is 16.5. The Hall–Kier alpha value is -3.92. The van der Waals surface area contributed by atoms with Crippen molar-refractivity contribution in [1.82, 2.24) is 0 Å². The van der Waals surface area contributed by atoms with E-state index in [1.54, 1.807) is 0 Å². The average Bonchev–Trinajstić information content (AvgIpc) is 2.90. The quantitative estimate of drug-likeness (QED) is 0.206. The molecule has 0 aromatic heterocycles. The van der Waals surface area contributed by atoms with Gasteiger partial charge < -0.3 is 18.9 Å².